The van der Waals surface area contributed by atoms with Gasteiger partial charge in [0, 0.05) is 0 Å². The highest BCUT2D eigenvalue weighted by molar-refractivity contribution is 7.84. The zero-order chi connectivity index (χ0) is 13.8. The van der Waals surface area contributed by atoms with E-state index in [1.54, 1.807) is 20.8 Å². The van der Waals surface area contributed by atoms with Crippen molar-refractivity contribution in [2.24, 2.45) is 0 Å². The van der Waals surface area contributed by atoms with Crippen LogP contribution in [0.4, 0.5) is 0 Å². The van der Waals surface area contributed by atoms with Crippen molar-refractivity contribution in [2.45, 2.75) is 38.0 Å². The summed E-state index contributed by atoms with van der Waals surface area (Å²) in [4.78, 5) is 11.2. The predicted octanol–water partition coefficient (Wildman–Crippen LogP) is 1.73. The first-order valence-corrected chi connectivity index (χ1v) is 6.90. The molecule has 18 heavy (non-hydrogen) atoms. The Kier molecular flexibility index (Phi) is 5.04. The van der Waals surface area contributed by atoms with Gasteiger partial charge in [-0.3, -0.25) is 4.79 Å². The fourth-order valence-corrected chi connectivity index (χ4v) is 2.13. The van der Waals surface area contributed by atoms with Crippen LogP contribution in [0.1, 0.15) is 26.3 Å². The predicted molar refractivity (Wildman–Crippen MR) is 72.6 cm³/mol. The van der Waals surface area contributed by atoms with E-state index in [9.17, 15) is 9.00 Å². The van der Waals surface area contributed by atoms with E-state index in [1.165, 1.54) is 0 Å². The maximum Gasteiger partial charge on any atom is 0.321 e. The molecule has 0 spiro atoms. The Morgan fingerprint density at radius 2 is 1.89 bits per heavy atom. The van der Waals surface area contributed by atoms with Gasteiger partial charge in [-0.2, -0.15) is 0 Å². The monoisotopic (exact) mass is 269 g/mol. The van der Waals surface area contributed by atoms with E-state index in [2.05, 4.69) is 4.72 Å². The Balaban J connectivity index is 2.73. The number of nitrogens with one attached hydrogen (secondary N) is 1. The lowest BCUT2D eigenvalue weighted by Gasteiger charge is -2.22. The topological polar surface area (TPSA) is 66.4 Å². The number of aliphatic carboxylic acids is 1. The van der Waals surface area contributed by atoms with E-state index in [0.29, 0.717) is 6.42 Å². The molecule has 2 atom stereocenters. The zero-order valence-electron chi connectivity index (χ0n) is 10.8. The molecular weight excluding hydrogens is 250 g/mol. The van der Waals surface area contributed by atoms with E-state index in [4.69, 9.17) is 5.11 Å². The molecule has 1 aromatic carbocycles. The highest BCUT2D eigenvalue weighted by Gasteiger charge is 2.26. The second kappa shape index (κ2) is 6.11. The van der Waals surface area contributed by atoms with Crippen LogP contribution in [-0.2, 0) is 22.2 Å². The quantitative estimate of drug-likeness (QED) is 0.855. The van der Waals surface area contributed by atoms with Crippen molar-refractivity contribution in [1.82, 2.24) is 4.72 Å². The minimum absolute atomic E-state index is 0.317. The Morgan fingerprint density at radius 3 is 2.33 bits per heavy atom. The summed E-state index contributed by atoms with van der Waals surface area (Å²) >= 11 is 0. The third-order valence-electron chi connectivity index (χ3n) is 2.39. The lowest BCUT2D eigenvalue weighted by atomic mass is 10.1. The molecule has 0 bridgehead atoms. The number of benzene rings is 1. The molecule has 0 amide bonds. The van der Waals surface area contributed by atoms with Crippen LogP contribution in [0, 0.1) is 0 Å². The van der Waals surface area contributed by atoms with Crippen molar-refractivity contribution in [1.29, 1.82) is 0 Å². The summed E-state index contributed by atoms with van der Waals surface area (Å²) in [5, 5.41) is 9.15. The molecule has 0 radical (unpaired) electrons. The molecule has 5 heteroatoms. The molecule has 0 aromatic heterocycles. The fraction of sp³-hybridized carbons (Fsp3) is 0.462. The first-order chi connectivity index (χ1) is 8.30. The normalized spacial score (nSPS) is 15.1. The van der Waals surface area contributed by atoms with Gasteiger partial charge in [-0.1, -0.05) is 30.3 Å². The number of hydrogen-bond donors (Lipinski definition) is 2. The smallest absolute Gasteiger partial charge is 0.321 e. The molecule has 2 N–H and O–H groups in total. The Hall–Kier alpha value is -1.20. The minimum Gasteiger partial charge on any atom is -0.480 e. The molecule has 0 aliphatic rings. The summed E-state index contributed by atoms with van der Waals surface area (Å²) in [5.74, 6) is -0.989. The number of carboxylic acids is 1. The highest BCUT2D eigenvalue weighted by atomic mass is 32.2. The van der Waals surface area contributed by atoms with Crippen LogP contribution in [0.2, 0.25) is 0 Å². The average molecular weight is 269 g/mol. The Labute approximate surface area is 110 Å². The van der Waals surface area contributed by atoms with Crippen LogP contribution in [0.15, 0.2) is 30.3 Å². The standard InChI is InChI=1S/C13H19NO3S/c1-13(2,3)18(17)14-11(12(15)16)9-10-7-5-4-6-8-10/h4-8,11,14H,9H2,1-3H3,(H,15,16)/t11-,18?/m1/s1. The zero-order valence-corrected chi connectivity index (χ0v) is 11.7. The maximum atomic E-state index is 11.9. The van der Waals surface area contributed by atoms with Crippen molar-refractivity contribution in [2.75, 3.05) is 0 Å². The fourth-order valence-electron chi connectivity index (χ4n) is 1.34. The van der Waals surface area contributed by atoms with E-state index < -0.39 is 27.7 Å². The summed E-state index contributed by atoms with van der Waals surface area (Å²) in [5.41, 5.74) is 0.906. The maximum absolute atomic E-state index is 11.9. The van der Waals surface area contributed by atoms with Gasteiger partial charge in [0.2, 0.25) is 0 Å². The van der Waals surface area contributed by atoms with Gasteiger partial charge in [-0.15, -0.1) is 0 Å². The lowest BCUT2D eigenvalue weighted by molar-refractivity contribution is -0.138. The van der Waals surface area contributed by atoms with Gasteiger partial charge >= 0.3 is 5.97 Å². The molecule has 1 unspecified atom stereocenters. The van der Waals surface area contributed by atoms with Crippen molar-refractivity contribution in [3.8, 4) is 0 Å². The Bertz CT molecular complexity index is 426. The number of carbonyl (C=O) groups is 1. The van der Waals surface area contributed by atoms with Crippen molar-refractivity contribution < 1.29 is 14.1 Å². The van der Waals surface area contributed by atoms with Crippen LogP contribution in [0.25, 0.3) is 0 Å². The highest BCUT2D eigenvalue weighted by Crippen LogP contribution is 2.11. The molecule has 4 nitrogen and oxygen atoms in total. The number of rotatable bonds is 5. The molecule has 0 heterocycles. The molecule has 100 valence electrons. The summed E-state index contributed by atoms with van der Waals surface area (Å²) in [6, 6.07) is 8.46. The average Bonchev–Trinajstić information content (AvgIpc) is 2.28. The summed E-state index contributed by atoms with van der Waals surface area (Å²) in [6.07, 6.45) is 0.317. The molecule has 0 aliphatic heterocycles. The van der Waals surface area contributed by atoms with E-state index in [0.717, 1.165) is 5.56 Å². The molecular formula is C13H19NO3S. The summed E-state index contributed by atoms with van der Waals surface area (Å²) in [6.45, 7) is 5.41. The first kappa shape index (κ1) is 14.9. The van der Waals surface area contributed by atoms with Gasteiger partial charge < -0.3 is 5.11 Å². The minimum atomic E-state index is -1.39. The second-order valence-corrected chi connectivity index (χ2v) is 7.08. The molecule has 0 saturated heterocycles. The largest absolute Gasteiger partial charge is 0.480 e. The van der Waals surface area contributed by atoms with Crippen molar-refractivity contribution >= 4 is 17.0 Å². The van der Waals surface area contributed by atoms with Crippen LogP contribution in [0.3, 0.4) is 0 Å². The molecule has 1 aromatic rings. The SMILES string of the molecule is CC(C)(C)S(=O)N[C@H](Cc1ccccc1)C(=O)O. The molecule has 0 aliphatic carbocycles. The summed E-state index contributed by atoms with van der Waals surface area (Å²) < 4.78 is 14.1. The van der Waals surface area contributed by atoms with Gasteiger partial charge in [-0.25, -0.2) is 8.93 Å². The van der Waals surface area contributed by atoms with E-state index in [-0.39, 0.29) is 0 Å². The van der Waals surface area contributed by atoms with Crippen molar-refractivity contribution in [3.63, 3.8) is 0 Å². The van der Waals surface area contributed by atoms with Crippen molar-refractivity contribution in [3.05, 3.63) is 35.9 Å². The van der Waals surface area contributed by atoms with Gasteiger partial charge in [0.1, 0.15) is 6.04 Å². The third kappa shape index (κ3) is 4.58. The Morgan fingerprint density at radius 1 is 1.33 bits per heavy atom. The van der Waals surface area contributed by atoms with E-state index in [1.807, 2.05) is 30.3 Å². The third-order valence-corrected chi connectivity index (χ3v) is 4.00. The van der Waals surface area contributed by atoms with Crippen LogP contribution >= 0.6 is 0 Å². The second-order valence-electron chi connectivity index (χ2n) is 5.08. The van der Waals surface area contributed by atoms with E-state index >= 15 is 0 Å². The molecule has 0 fully saturated rings. The molecule has 0 saturated carbocycles. The first-order valence-electron chi connectivity index (χ1n) is 5.75. The van der Waals surface area contributed by atoms with Gasteiger partial charge in [0.15, 0.2) is 0 Å². The lowest BCUT2D eigenvalue weighted by Crippen LogP contribution is -2.45. The van der Waals surface area contributed by atoms with Crippen LogP contribution in [-0.4, -0.2) is 26.1 Å². The van der Waals surface area contributed by atoms with Gasteiger partial charge in [-0.05, 0) is 32.8 Å². The van der Waals surface area contributed by atoms with Gasteiger partial charge in [0.05, 0.1) is 15.7 Å². The molecule has 1 rings (SSSR count). The van der Waals surface area contributed by atoms with Gasteiger partial charge in [0.25, 0.3) is 0 Å². The summed E-state index contributed by atoms with van der Waals surface area (Å²) in [7, 11) is -1.39. The number of hydrogen-bond acceptors (Lipinski definition) is 2. The van der Waals surface area contributed by atoms with Crippen LogP contribution in [0.5, 0.6) is 0 Å². The number of carboxylic acid groups (broad SMARTS) is 1. The van der Waals surface area contributed by atoms with Crippen LogP contribution < -0.4 is 4.72 Å².